The molecule has 0 N–H and O–H groups in total. The van der Waals surface area contributed by atoms with Crippen LogP contribution >= 0.6 is 11.6 Å². The Balaban J connectivity index is 1.86. The average Bonchev–Trinajstić information content (AvgIpc) is 2.53. The zero-order valence-electron chi connectivity index (χ0n) is 13.0. The predicted octanol–water partition coefficient (Wildman–Crippen LogP) is 3.80. The normalized spacial score (nSPS) is 10.9. The molecule has 3 rings (SSSR count). The topological polar surface area (TPSA) is 43.6 Å². The van der Waals surface area contributed by atoms with Crippen molar-refractivity contribution >= 4 is 17.2 Å². The molecule has 5 heteroatoms. The summed E-state index contributed by atoms with van der Waals surface area (Å²) in [5.41, 5.74) is 3.21. The van der Waals surface area contributed by atoms with Crippen LogP contribution in [0.1, 0.15) is 23.7 Å². The number of hydrogen-bond donors (Lipinski definition) is 0. The first-order valence-corrected chi connectivity index (χ1v) is 7.85. The molecule has 4 nitrogen and oxygen atoms in total. The number of nitrogens with zero attached hydrogens (tertiary/aromatic N) is 2. The standard InChI is InChI=1S/C18H17ClN2O2/c1-3-13-9-15(4-5-16(13)19)23-11-14-10-18(22)21-7-6-12(2)8-17(21)20-14/h4-10H,3,11H2,1-2H3. The molecule has 118 valence electrons. The van der Waals surface area contributed by atoms with E-state index < -0.39 is 0 Å². The maximum absolute atomic E-state index is 12.1. The van der Waals surface area contributed by atoms with Crippen LogP contribution in [0.5, 0.6) is 5.75 Å². The third-order valence-corrected chi connectivity index (χ3v) is 4.03. The first-order chi connectivity index (χ1) is 11.1. The SMILES string of the molecule is CCc1cc(OCc2cc(=O)n3ccc(C)cc3n2)ccc1Cl. The van der Waals surface area contributed by atoms with Crippen LogP contribution in [-0.4, -0.2) is 9.38 Å². The Morgan fingerprint density at radius 2 is 2.04 bits per heavy atom. The van der Waals surface area contributed by atoms with Crippen molar-refractivity contribution in [1.82, 2.24) is 9.38 Å². The van der Waals surface area contributed by atoms with Crippen LogP contribution in [0.3, 0.4) is 0 Å². The molecule has 0 fully saturated rings. The molecular formula is C18H17ClN2O2. The van der Waals surface area contributed by atoms with Crippen LogP contribution in [0.25, 0.3) is 5.65 Å². The van der Waals surface area contributed by atoms with Crippen molar-refractivity contribution < 1.29 is 4.74 Å². The number of fused-ring (bicyclic) bond motifs is 1. The minimum absolute atomic E-state index is 0.112. The monoisotopic (exact) mass is 328 g/mol. The van der Waals surface area contributed by atoms with Crippen LogP contribution in [-0.2, 0) is 13.0 Å². The summed E-state index contributed by atoms with van der Waals surface area (Å²) in [6, 6.07) is 10.8. The second-order valence-corrected chi connectivity index (χ2v) is 5.82. The number of halogens is 1. The Kier molecular flexibility index (Phi) is 4.35. The Morgan fingerprint density at radius 1 is 1.22 bits per heavy atom. The van der Waals surface area contributed by atoms with Crippen molar-refractivity contribution in [1.29, 1.82) is 0 Å². The summed E-state index contributed by atoms with van der Waals surface area (Å²) in [6.07, 6.45) is 2.57. The lowest BCUT2D eigenvalue weighted by Crippen LogP contribution is -2.16. The van der Waals surface area contributed by atoms with E-state index in [0.717, 1.165) is 28.3 Å². The fourth-order valence-electron chi connectivity index (χ4n) is 2.40. The Hall–Kier alpha value is -2.33. The fraction of sp³-hybridized carbons (Fsp3) is 0.222. The highest BCUT2D eigenvalue weighted by Gasteiger charge is 2.05. The lowest BCUT2D eigenvalue weighted by Gasteiger charge is -2.09. The van der Waals surface area contributed by atoms with Gasteiger partial charge in [0.25, 0.3) is 5.56 Å². The first kappa shape index (κ1) is 15.6. The highest BCUT2D eigenvalue weighted by molar-refractivity contribution is 6.31. The Morgan fingerprint density at radius 3 is 2.83 bits per heavy atom. The van der Waals surface area contributed by atoms with Gasteiger partial charge in [0.2, 0.25) is 0 Å². The second kappa shape index (κ2) is 6.42. The summed E-state index contributed by atoms with van der Waals surface area (Å²) >= 11 is 6.10. The van der Waals surface area contributed by atoms with Gasteiger partial charge in [-0.25, -0.2) is 4.98 Å². The van der Waals surface area contributed by atoms with Gasteiger partial charge in [0.15, 0.2) is 0 Å². The minimum Gasteiger partial charge on any atom is -0.487 e. The van der Waals surface area contributed by atoms with Crippen molar-refractivity contribution in [2.24, 2.45) is 0 Å². The molecule has 2 aromatic heterocycles. The van der Waals surface area contributed by atoms with Crippen molar-refractivity contribution in [3.63, 3.8) is 0 Å². The molecule has 1 aromatic carbocycles. The van der Waals surface area contributed by atoms with E-state index in [1.807, 2.05) is 44.2 Å². The van der Waals surface area contributed by atoms with Gasteiger partial charge >= 0.3 is 0 Å². The van der Waals surface area contributed by atoms with Gasteiger partial charge in [0.1, 0.15) is 18.0 Å². The molecule has 0 unspecified atom stereocenters. The van der Waals surface area contributed by atoms with E-state index in [4.69, 9.17) is 16.3 Å². The van der Waals surface area contributed by atoms with Crippen molar-refractivity contribution in [3.8, 4) is 5.75 Å². The molecule has 0 aliphatic carbocycles. The fourth-order valence-corrected chi connectivity index (χ4v) is 2.65. The summed E-state index contributed by atoms with van der Waals surface area (Å²) in [5, 5.41) is 0.734. The number of pyridine rings is 1. The molecular weight excluding hydrogens is 312 g/mol. The van der Waals surface area contributed by atoms with E-state index in [1.165, 1.54) is 10.5 Å². The minimum atomic E-state index is -0.112. The van der Waals surface area contributed by atoms with E-state index >= 15 is 0 Å². The predicted molar refractivity (Wildman–Crippen MR) is 91.4 cm³/mol. The zero-order valence-corrected chi connectivity index (χ0v) is 13.8. The summed E-state index contributed by atoms with van der Waals surface area (Å²) in [5.74, 6) is 0.720. The summed E-state index contributed by atoms with van der Waals surface area (Å²) in [7, 11) is 0. The maximum Gasteiger partial charge on any atom is 0.258 e. The van der Waals surface area contributed by atoms with Crippen LogP contribution < -0.4 is 10.3 Å². The van der Waals surface area contributed by atoms with E-state index in [1.54, 1.807) is 6.20 Å². The molecule has 3 aromatic rings. The third-order valence-electron chi connectivity index (χ3n) is 3.66. The largest absolute Gasteiger partial charge is 0.487 e. The molecule has 0 bridgehead atoms. The number of aryl methyl sites for hydroxylation is 2. The third kappa shape index (κ3) is 3.37. The van der Waals surface area contributed by atoms with Gasteiger partial charge in [0, 0.05) is 17.3 Å². The van der Waals surface area contributed by atoms with Gasteiger partial charge < -0.3 is 4.74 Å². The summed E-state index contributed by atoms with van der Waals surface area (Å²) in [4.78, 5) is 16.6. The van der Waals surface area contributed by atoms with Gasteiger partial charge in [0.05, 0.1) is 5.69 Å². The molecule has 0 spiro atoms. The molecule has 0 saturated carbocycles. The molecule has 2 heterocycles. The number of benzene rings is 1. The molecule has 0 radical (unpaired) electrons. The molecule has 0 amide bonds. The molecule has 0 atom stereocenters. The van der Waals surface area contributed by atoms with E-state index in [9.17, 15) is 4.79 Å². The smallest absolute Gasteiger partial charge is 0.258 e. The highest BCUT2D eigenvalue weighted by atomic mass is 35.5. The van der Waals surface area contributed by atoms with E-state index in [-0.39, 0.29) is 12.2 Å². The van der Waals surface area contributed by atoms with Gasteiger partial charge in [-0.05, 0) is 54.8 Å². The molecule has 0 aliphatic heterocycles. The van der Waals surface area contributed by atoms with Crippen molar-refractivity contribution in [2.75, 3.05) is 0 Å². The number of rotatable bonds is 4. The molecule has 23 heavy (non-hydrogen) atoms. The van der Waals surface area contributed by atoms with Gasteiger partial charge in [-0.15, -0.1) is 0 Å². The zero-order chi connectivity index (χ0) is 16.4. The van der Waals surface area contributed by atoms with E-state index in [2.05, 4.69) is 4.98 Å². The summed E-state index contributed by atoms with van der Waals surface area (Å²) in [6.45, 7) is 4.25. The quantitative estimate of drug-likeness (QED) is 0.731. The molecule has 0 saturated heterocycles. The lowest BCUT2D eigenvalue weighted by molar-refractivity contribution is 0.301. The van der Waals surface area contributed by atoms with Gasteiger partial charge in [-0.1, -0.05) is 18.5 Å². The Labute approximate surface area is 139 Å². The number of ether oxygens (including phenoxy) is 1. The van der Waals surface area contributed by atoms with Crippen molar-refractivity contribution in [3.05, 3.63) is 74.8 Å². The second-order valence-electron chi connectivity index (χ2n) is 5.41. The van der Waals surface area contributed by atoms with Crippen LogP contribution in [0, 0.1) is 6.92 Å². The van der Waals surface area contributed by atoms with Gasteiger partial charge in [-0.2, -0.15) is 0 Å². The maximum atomic E-state index is 12.1. The lowest BCUT2D eigenvalue weighted by atomic mass is 10.1. The summed E-state index contributed by atoms with van der Waals surface area (Å²) < 4.78 is 7.28. The highest BCUT2D eigenvalue weighted by Crippen LogP contribution is 2.23. The Bertz CT molecular complexity index is 919. The van der Waals surface area contributed by atoms with Crippen LogP contribution in [0.2, 0.25) is 5.02 Å². The number of hydrogen-bond acceptors (Lipinski definition) is 3. The van der Waals surface area contributed by atoms with Crippen LogP contribution in [0.15, 0.2) is 47.4 Å². The van der Waals surface area contributed by atoms with Crippen molar-refractivity contribution in [2.45, 2.75) is 26.9 Å². The number of aromatic nitrogens is 2. The van der Waals surface area contributed by atoms with Crippen LogP contribution in [0.4, 0.5) is 0 Å². The first-order valence-electron chi connectivity index (χ1n) is 7.47. The van der Waals surface area contributed by atoms with Gasteiger partial charge in [-0.3, -0.25) is 9.20 Å². The average molecular weight is 329 g/mol. The molecule has 0 aliphatic rings. The van der Waals surface area contributed by atoms with E-state index in [0.29, 0.717) is 11.3 Å².